The standard InChI is InChI=1S/C15H17FN4O/c1-10(2)7-17-15-18-8-11(9-19-15)14(21)20-13-5-3-12(16)4-6-13/h3-6,8-10H,7H2,1-2H3,(H,20,21)(H,17,18,19). The summed E-state index contributed by atoms with van der Waals surface area (Å²) in [5.74, 6) is 0.283. The monoisotopic (exact) mass is 288 g/mol. The number of anilines is 2. The summed E-state index contributed by atoms with van der Waals surface area (Å²) in [6.07, 6.45) is 2.91. The van der Waals surface area contributed by atoms with Crippen LogP contribution in [0.2, 0.25) is 0 Å². The highest BCUT2D eigenvalue weighted by Gasteiger charge is 2.08. The van der Waals surface area contributed by atoms with E-state index in [2.05, 4.69) is 34.4 Å². The number of nitrogens with zero attached hydrogens (tertiary/aromatic N) is 2. The lowest BCUT2D eigenvalue weighted by atomic mass is 10.2. The van der Waals surface area contributed by atoms with Gasteiger partial charge < -0.3 is 10.6 Å². The number of hydrogen-bond acceptors (Lipinski definition) is 4. The summed E-state index contributed by atoms with van der Waals surface area (Å²) in [6, 6.07) is 5.55. The van der Waals surface area contributed by atoms with Crippen molar-refractivity contribution in [1.29, 1.82) is 0 Å². The van der Waals surface area contributed by atoms with Crippen LogP contribution in [-0.4, -0.2) is 22.4 Å². The first kappa shape index (κ1) is 14.9. The molecule has 0 aliphatic carbocycles. The number of nitrogens with one attached hydrogen (secondary N) is 2. The van der Waals surface area contributed by atoms with Gasteiger partial charge in [-0.3, -0.25) is 4.79 Å². The average Bonchev–Trinajstić information content (AvgIpc) is 2.48. The molecule has 1 heterocycles. The lowest BCUT2D eigenvalue weighted by Crippen LogP contribution is -2.14. The molecular formula is C15H17FN4O. The Morgan fingerprint density at radius 1 is 1.19 bits per heavy atom. The number of aromatic nitrogens is 2. The molecule has 0 aliphatic heterocycles. The summed E-state index contributed by atoms with van der Waals surface area (Å²) in [4.78, 5) is 20.1. The van der Waals surface area contributed by atoms with Crippen molar-refractivity contribution in [3.63, 3.8) is 0 Å². The largest absolute Gasteiger partial charge is 0.354 e. The fourth-order valence-electron chi connectivity index (χ4n) is 1.57. The van der Waals surface area contributed by atoms with Crippen molar-refractivity contribution >= 4 is 17.5 Å². The second-order valence-corrected chi connectivity index (χ2v) is 5.03. The summed E-state index contributed by atoms with van der Waals surface area (Å²) >= 11 is 0. The highest BCUT2D eigenvalue weighted by Crippen LogP contribution is 2.10. The highest BCUT2D eigenvalue weighted by molar-refractivity contribution is 6.03. The zero-order valence-corrected chi connectivity index (χ0v) is 11.9. The number of carbonyl (C=O) groups excluding carboxylic acids is 1. The molecule has 5 nitrogen and oxygen atoms in total. The second kappa shape index (κ2) is 6.78. The van der Waals surface area contributed by atoms with Gasteiger partial charge >= 0.3 is 0 Å². The number of hydrogen-bond donors (Lipinski definition) is 2. The second-order valence-electron chi connectivity index (χ2n) is 5.03. The lowest BCUT2D eigenvalue weighted by molar-refractivity contribution is 0.102. The molecule has 0 saturated carbocycles. The molecule has 0 bridgehead atoms. The summed E-state index contributed by atoms with van der Waals surface area (Å²) in [5, 5.41) is 5.72. The van der Waals surface area contributed by atoms with Crippen LogP contribution >= 0.6 is 0 Å². The maximum atomic E-state index is 12.8. The third-order valence-corrected chi connectivity index (χ3v) is 2.68. The van der Waals surface area contributed by atoms with Crippen LogP contribution in [-0.2, 0) is 0 Å². The Morgan fingerprint density at radius 3 is 2.38 bits per heavy atom. The first-order chi connectivity index (χ1) is 10.0. The van der Waals surface area contributed by atoms with E-state index in [-0.39, 0.29) is 11.7 Å². The Morgan fingerprint density at radius 2 is 1.81 bits per heavy atom. The third-order valence-electron chi connectivity index (χ3n) is 2.68. The van der Waals surface area contributed by atoms with Crippen LogP contribution in [0.1, 0.15) is 24.2 Å². The van der Waals surface area contributed by atoms with Crippen molar-refractivity contribution in [2.45, 2.75) is 13.8 Å². The minimum absolute atomic E-state index is 0.336. The summed E-state index contributed by atoms with van der Waals surface area (Å²) in [6.45, 7) is 4.93. The van der Waals surface area contributed by atoms with Crippen LogP contribution in [0, 0.1) is 11.7 Å². The van der Waals surface area contributed by atoms with E-state index in [4.69, 9.17) is 0 Å². The Bertz CT molecular complexity index is 596. The van der Waals surface area contributed by atoms with E-state index in [9.17, 15) is 9.18 Å². The van der Waals surface area contributed by atoms with Gasteiger partial charge in [-0.25, -0.2) is 14.4 Å². The minimum Gasteiger partial charge on any atom is -0.354 e. The maximum Gasteiger partial charge on any atom is 0.258 e. The van der Waals surface area contributed by atoms with Crippen LogP contribution in [0.4, 0.5) is 16.0 Å². The van der Waals surface area contributed by atoms with Gasteiger partial charge in [-0.05, 0) is 30.2 Å². The normalized spacial score (nSPS) is 10.5. The number of rotatable bonds is 5. The first-order valence-electron chi connectivity index (χ1n) is 6.67. The highest BCUT2D eigenvalue weighted by atomic mass is 19.1. The quantitative estimate of drug-likeness (QED) is 0.887. The van der Waals surface area contributed by atoms with Crippen LogP contribution in [0.3, 0.4) is 0 Å². The van der Waals surface area contributed by atoms with E-state index < -0.39 is 0 Å². The Kier molecular flexibility index (Phi) is 4.81. The zero-order valence-electron chi connectivity index (χ0n) is 11.9. The van der Waals surface area contributed by atoms with Gasteiger partial charge in [0.2, 0.25) is 5.95 Å². The molecular weight excluding hydrogens is 271 g/mol. The van der Waals surface area contributed by atoms with E-state index in [1.165, 1.54) is 36.7 Å². The molecule has 21 heavy (non-hydrogen) atoms. The lowest BCUT2D eigenvalue weighted by Gasteiger charge is -2.08. The van der Waals surface area contributed by atoms with Crippen LogP contribution in [0.25, 0.3) is 0 Å². The number of benzene rings is 1. The minimum atomic E-state index is -0.350. The van der Waals surface area contributed by atoms with Gasteiger partial charge in [0.15, 0.2) is 0 Å². The zero-order chi connectivity index (χ0) is 15.2. The van der Waals surface area contributed by atoms with Crippen LogP contribution in [0.5, 0.6) is 0 Å². The molecule has 0 unspecified atom stereocenters. The van der Waals surface area contributed by atoms with E-state index in [1.807, 2.05) is 0 Å². The van der Waals surface area contributed by atoms with Gasteiger partial charge in [-0.1, -0.05) is 13.8 Å². The van der Waals surface area contributed by atoms with Crippen LogP contribution in [0.15, 0.2) is 36.7 Å². The maximum absolute atomic E-state index is 12.8. The van der Waals surface area contributed by atoms with E-state index >= 15 is 0 Å². The van der Waals surface area contributed by atoms with Crippen molar-refractivity contribution in [1.82, 2.24) is 9.97 Å². The molecule has 0 radical (unpaired) electrons. The van der Waals surface area contributed by atoms with Gasteiger partial charge in [0.25, 0.3) is 5.91 Å². The Labute approximate surface area is 122 Å². The SMILES string of the molecule is CC(C)CNc1ncc(C(=O)Nc2ccc(F)cc2)cn1. The molecule has 0 spiro atoms. The number of amides is 1. The molecule has 2 N–H and O–H groups in total. The van der Waals surface area contributed by atoms with Gasteiger partial charge in [0.05, 0.1) is 5.56 Å². The molecule has 0 aliphatic rings. The molecule has 6 heteroatoms. The molecule has 0 atom stereocenters. The summed E-state index contributed by atoms with van der Waals surface area (Å²) < 4.78 is 12.8. The van der Waals surface area contributed by atoms with E-state index in [0.717, 1.165) is 6.54 Å². The summed E-state index contributed by atoms with van der Waals surface area (Å²) in [7, 11) is 0. The predicted molar refractivity (Wildman–Crippen MR) is 79.7 cm³/mol. The molecule has 2 rings (SSSR count). The smallest absolute Gasteiger partial charge is 0.258 e. The van der Waals surface area contributed by atoms with Crippen molar-refractivity contribution < 1.29 is 9.18 Å². The van der Waals surface area contributed by atoms with Gasteiger partial charge in [-0.15, -0.1) is 0 Å². The third kappa shape index (κ3) is 4.52. The van der Waals surface area contributed by atoms with Gasteiger partial charge in [-0.2, -0.15) is 0 Å². The molecule has 1 aromatic carbocycles. The van der Waals surface area contributed by atoms with Gasteiger partial charge in [0.1, 0.15) is 5.82 Å². The fraction of sp³-hybridized carbons (Fsp3) is 0.267. The van der Waals surface area contributed by atoms with Crippen molar-refractivity contribution in [3.05, 3.63) is 48.0 Å². The predicted octanol–water partition coefficient (Wildman–Crippen LogP) is 2.94. The topological polar surface area (TPSA) is 66.9 Å². The first-order valence-corrected chi connectivity index (χ1v) is 6.67. The number of carbonyl (C=O) groups is 1. The Balaban J connectivity index is 1.97. The average molecular weight is 288 g/mol. The summed E-state index contributed by atoms with van der Waals surface area (Å²) in [5.41, 5.74) is 0.859. The van der Waals surface area contributed by atoms with Crippen LogP contribution < -0.4 is 10.6 Å². The molecule has 1 aromatic heterocycles. The molecule has 2 aromatic rings. The van der Waals surface area contributed by atoms with Crippen molar-refractivity contribution in [2.24, 2.45) is 5.92 Å². The molecule has 0 saturated heterocycles. The van der Waals surface area contributed by atoms with E-state index in [0.29, 0.717) is 23.1 Å². The molecule has 110 valence electrons. The van der Waals surface area contributed by atoms with E-state index in [1.54, 1.807) is 0 Å². The molecule has 1 amide bonds. The Hall–Kier alpha value is -2.50. The van der Waals surface area contributed by atoms with Crippen molar-refractivity contribution in [2.75, 3.05) is 17.2 Å². The number of halogens is 1. The fourth-order valence-corrected chi connectivity index (χ4v) is 1.57. The van der Waals surface area contributed by atoms with Gasteiger partial charge in [0, 0.05) is 24.6 Å². The molecule has 0 fully saturated rings. The van der Waals surface area contributed by atoms with Crippen molar-refractivity contribution in [3.8, 4) is 0 Å².